The van der Waals surface area contributed by atoms with Gasteiger partial charge in [-0.25, -0.2) is 0 Å². The normalized spacial score (nSPS) is 20.2. The van der Waals surface area contributed by atoms with Crippen LogP contribution in [-0.4, -0.2) is 37.1 Å². The van der Waals surface area contributed by atoms with Gasteiger partial charge in [-0.1, -0.05) is 52.4 Å². The molecule has 1 atom stereocenters. The molecule has 2 heteroatoms. The molecule has 0 radical (unpaired) electrons. The zero-order chi connectivity index (χ0) is 13.8. The Morgan fingerprint density at radius 2 is 1.68 bits per heavy atom. The van der Waals surface area contributed by atoms with E-state index in [-0.39, 0.29) is 0 Å². The van der Waals surface area contributed by atoms with Crippen molar-refractivity contribution in [3.8, 4) is 0 Å². The van der Waals surface area contributed by atoms with Crippen LogP contribution in [0.15, 0.2) is 0 Å². The zero-order valence-electron chi connectivity index (χ0n) is 13.4. The Bertz CT molecular complexity index is 194. The second-order valence-corrected chi connectivity index (χ2v) is 6.16. The van der Waals surface area contributed by atoms with Gasteiger partial charge in [-0.05, 0) is 45.3 Å². The molecule has 0 bridgehead atoms. The van der Waals surface area contributed by atoms with Crippen LogP contribution in [0.25, 0.3) is 0 Å². The molecule has 0 aromatic carbocycles. The van der Waals surface area contributed by atoms with E-state index < -0.39 is 0 Å². The Morgan fingerprint density at radius 3 is 2.42 bits per heavy atom. The fraction of sp³-hybridized carbons (Fsp3) is 1.00. The van der Waals surface area contributed by atoms with Crippen LogP contribution in [0.5, 0.6) is 0 Å². The third-order valence-corrected chi connectivity index (χ3v) is 4.39. The summed E-state index contributed by atoms with van der Waals surface area (Å²) in [6.45, 7) is 9.69. The van der Waals surface area contributed by atoms with Crippen LogP contribution in [-0.2, 0) is 0 Å². The van der Waals surface area contributed by atoms with Crippen molar-refractivity contribution in [1.29, 1.82) is 0 Å². The van der Waals surface area contributed by atoms with Crippen molar-refractivity contribution in [2.45, 2.75) is 84.1 Å². The minimum atomic E-state index is 0.827. The highest BCUT2D eigenvalue weighted by Crippen LogP contribution is 2.17. The average Bonchev–Trinajstić information content (AvgIpc) is 2.86. The molecule has 1 unspecified atom stereocenters. The fourth-order valence-electron chi connectivity index (χ4n) is 3.11. The van der Waals surface area contributed by atoms with Crippen LogP contribution in [0.2, 0.25) is 0 Å². The maximum atomic E-state index is 3.68. The van der Waals surface area contributed by atoms with Crippen LogP contribution < -0.4 is 5.32 Å². The summed E-state index contributed by atoms with van der Waals surface area (Å²) in [6, 6.07) is 0.827. The molecule has 0 spiro atoms. The lowest BCUT2D eigenvalue weighted by atomic mass is 10.1. The molecule has 1 rings (SSSR count). The summed E-state index contributed by atoms with van der Waals surface area (Å²) < 4.78 is 0. The van der Waals surface area contributed by atoms with Gasteiger partial charge in [-0.15, -0.1) is 0 Å². The van der Waals surface area contributed by atoms with Crippen LogP contribution in [0.3, 0.4) is 0 Å². The second kappa shape index (κ2) is 11.7. The van der Waals surface area contributed by atoms with Crippen molar-refractivity contribution >= 4 is 0 Å². The monoisotopic (exact) mass is 268 g/mol. The summed E-state index contributed by atoms with van der Waals surface area (Å²) in [4.78, 5) is 2.73. The highest BCUT2D eigenvalue weighted by atomic mass is 15.2. The lowest BCUT2D eigenvalue weighted by Gasteiger charge is -2.24. The zero-order valence-corrected chi connectivity index (χ0v) is 13.4. The Kier molecular flexibility index (Phi) is 10.5. The highest BCUT2D eigenvalue weighted by molar-refractivity contribution is 4.80. The van der Waals surface area contributed by atoms with E-state index in [0.717, 1.165) is 6.04 Å². The van der Waals surface area contributed by atoms with Crippen molar-refractivity contribution < 1.29 is 0 Å². The number of unbranched alkanes of at least 4 members (excludes halogenated alkanes) is 6. The number of rotatable bonds is 12. The Balaban J connectivity index is 2.00. The van der Waals surface area contributed by atoms with Gasteiger partial charge in [0.25, 0.3) is 0 Å². The summed E-state index contributed by atoms with van der Waals surface area (Å²) in [6.07, 6.45) is 13.9. The molecule has 1 aliphatic rings. The summed E-state index contributed by atoms with van der Waals surface area (Å²) in [5, 5.41) is 3.68. The van der Waals surface area contributed by atoms with Gasteiger partial charge in [0.1, 0.15) is 0 Å². The van der Waals surface area contributed by atoms with E-state index in [2.05, 4.69) is 24.1 Å². The van der Waals surface area contributed by atoms with E-state index in [1.165, 1.54) is 90.4 Å². The molecular formula is C17H36N2. The fourth-order valence-corrected chi connectivity index (χ4v) is 3.11. The van der Waals surface area contributed by atoms with Gasteiger partial charge in [0.15, 0.2) is 0 Å². The van der Waals surface area contributed by atoms with Gasteiger partial charge in [0.2, 0.25) is 0 Å². The minimum Gasteiger partial charge on any atom is -0.315 e. The lowest BCUT2D eigenvalue weighted by Crippen LogP contribution is -2.38. The molecular weight excluding hydrogens is 232 g/mol. The van der Waals surface area contributed by atoms with E-state index in [4.69, 9.17) is 0 Å². The highest BCUT2D eigenvalue weighted by Gasteiger charge is 2.22. The average molecular weight is 268 g/mol. The molecule has 0 amide bonds. The topological polar surface area (TPSA) is 15.3 Å². The summed E-state index contributed by atoms with van der Waals surface area (Å²) in [7, 11) is 0. The van der Waals surface area contributed by atoms with Gasteiger partial charge < -0.3 is 5.32 Å². The molecule has 1 saturated heterocycles. The number of nitrogens with one attached hydrogen (secondary N) is 1. The predicted molar refractivity (Wildman–Crippen MR) is 85.7 cm³/mol. The first kappa shape index (κ1) is 17.0. The van der Waals surface area contributed by atoms with Crippen LogP contribution in [0.4, 0.5) is 0 Å². The molecule has 1 N–H and O–H groups in total. The van der Waals surface area contributed by atoms with E-state index >= 15 is 0 Å². The van der Waals surface area contributed by atoms with E-state index in [9.17, 15) is 0 Å². The molecule has 1 fully saturated rings. The number of hydrogen-bond acceptors (Lipinski definition) is 2. The quantitative estimate of drug-likeness (QED) is 0.534. The van der Waals surface area contributed by atoms with Gasteiger partial charge >= 0.3 is 0 Å². The second-order valence-electron chi connectivity index (χ2n) is 6.16. The van der Waals surface area contributed by atoms with Gasteiger partial charge in [0, 0.05) is 12.6 Å². The van der Waals surface area contributed by atoms with E-state index in [1.54, 1.807) is 0 Å². The first-order valence-corrected chi connectivity index (χ1v) is 8.83. The first-order chi connectivity index (χ1) is 9.38. The predicted octanol–water partition coefficient (Wildman–Crippen LogP) is 4.20. The van der Waals surface area contributed by atoms with Crippen molar-refractivity contribution in [3.05, 3.63) is 0 Å². The third kappa shape index (κ3) is 7.94. The van der Waals surface area contributed by atoms with Crippen LogP contribution >= 0.6 is 0 Å². The van der Waals surface area contributed by atoms with Gasteiger partial charge in [0.05, 0.1) is 0 Å². The Labute approximate surface area is 121 Å². The van der Waals surface area contributed by atoms with Crippen molar-refractivity contribution in [3.63, 3.8) is 0 Å². The molecule has 0 aromatic rings. The smallest absolute Gasteiger partial charge is 0.0221 e. The standard InChI is InChI=1S/C17H36N2/c1-3-5-7-9-13-18-16-17-12-11-15-19(17)14-10-8-6-4-2/h17-18H,3-16H2,1-2H3. The van der Waals surface area contributed by atoms with E-state index in [0.29, 0.717) is 0 Å². The van der Waals surface area contributed by atoms with Crippen LogP contribution in [0, 0.1) is 0 Å². The number of hydrogen-bond donors (Lipinski definition) is 1. The minimum absolute atomic E-state index is 0.827. The maximum absolute atomic E-state index is 3.68. The first-order valence-electron chi connectivity index (χ1n) is 8.83. The van der Waals surface area contributed by atoms with Crippen molar-refractivity contribution in [2.24, 2.45) is 0 Å². The van der Waals surface area contributed by atoms with Crippen LogP contribution in [0.1, 0.15) is 78.1 Å². The molecule has 1 heterocycles. The van der Waals surface area contributed by atoms with Crippen molar-refractivity contribution in [1.82, 2.24) is 10.2 Å². The Morgan fingerprint density at radius 1 is 0.947 bits per heavy atom. The molecule has 0 saturated carbocycles. The summed E-state index contributed by atoms with van der Waals surface area (Å²) in [5.41, 5.74) is 0. The molecule has 1 aliphatic heterocycles. The Hall–Kier alpha value is -0.0800. The SMILES string of the molecule is CCCCCCNCC1CCCN1CCCCCC. The molecule has 2 nitrogen and oxygen atoms in total. The van der Waals surface area contributed by atoms with Gasteiger partial charge in [-0.3, -0.25) is 4.90 Å². The van der Waals surface area contributed by atoms with Crippen molar-refractivity contribution in [2.75, 3.05) is 26.2 Å². The number of likely N-dealkylation sites (tertiary alicyclic amines) is 1. The van der Waals surface area contributed by atoms with E-state index in [1.807, 2.05) is 0 Å². The third-order valence-electron chi connectivity index (χ3n) is 4.39. The summed E-state index contributed by atoms with van der Waals surface area (Å²) >= 11 is 0. The molecule has 0 aromatic heterocycles. The molecule has 0 aliphatic carbocycles. The molecule has 19 heavy (non-hydrogen) atoms. The summed E-state index contributed by atoms with van der Waals surface area (Å²) in [5.74, 6) is 0. The molecule has 114 valence electrons. The largest absolute Gasteiger partial charge is 0.315 e. The number of nitrogens with zero attached hydrogens (tertiary/aromatic N) is 1. The van der Waals surface area contributed by atoms with Gasteiger partial charge in [-0.2, -0.15) is 0 Å². The lowest BCUT2D eigenvalue weighted by molar-refractivity contribution is 0.242. The maximum Gasteiger partial charge on any atom is 0.0221 e.